The largest absolute Gasteiger partial charge is 0.256 e. The number of hydrogen-bond acceptors (Lipinski definition) is 1. The monoisotopic (exact) mass is 351 g/mol. The van der Waals surface area contributed by atoms with Crippen LogP contribution in [0.2, 0.25) is 0 Å². The van der Waals surface area contributed by atoms with Gasteiger partial charge in [-0.05, 0) is 75.7 Å². The Morgan fingerprint density at radius 1 is 0.815 bits per heavy atom. The topological polar surface area (TPSA) is 12.9 Å². The first-order valence-electron chi connectivity index (χ1n) is 9.95. The standard InChI is InChI=1S/C26H25N/c1-26(2,3)24-16-19(15-18-8-6-10-21(18)24)25-23-12-11-17-7-4-5-9-20(17)22(23)13-14-27-25/h4-5,7,9,11-16H,6,8,10H2,1-3H3. The minimum absolute atomic E-state index is 0.154. The van der Waals surface area contributed by atoms with Crippen LogP contribution in [0.4, 0.5) is 0 Å². The molecule has 1 heteroatoms. The molecule has 0 saturated heterocycles. The quantitative estimate of drug-likeness (QED) is 0.342. The Labute approximate surface area is 161 Å². The Hall–Kier alpha value is -2.67. The number of pyridine rings is 1. The van der Waals surface area contributed by atoms with Gasteiger partial charge in [-0.25, -0.2) is 0 Å². The molecule has 1 aliphatic rings. The predicted octanol–water partition coefficient (Wildman–Crippen LogP) is 6.84. The van der Waals surface area contributed by atoms with Crippen LogP contribution in [-0.2, 0) is 18.3 Å². The van der Waals surface area contributed by atoms with Crippen molar-refractivity contribution in [3.05, 3.63) is 77.5 Å². The number of hydrogen-bond donors (Lipinski definition) is 0. The molecule has 1 aromatic heterocycles. The van der Waals surface area contributed by atoms with Crippen molar-refractivity contribution in [1.29, 1.82) is 0 Å². The second kappa shape index (κ2) is 5.92. The second-order valence-electron chi connectivity index (χ2n) is 8.81. The Morgan fingerprint density at radius 3 is 2.52 bits per heavy atom. The Morgan fingerprint density at radius 2 is 1.67 bits per heavy atom. The Bertz CT molecular complexity index is 1180. The molecule has 1 aliphatic carbocycles. The summed E-state index contributed by atoms with van der Waals surface area (Å²) in [4.78, 5) is 4.83. The molecule has 0 N–H and O–H groups in total. The first-order chi connectivity index (χ1) is 13.0. The number of nitrogens with zero attached hydrogens (tertiary/aromatic N) is 1. The molecule has 0 bridgehead atoms. The van der Waals surface area contributed by atoms with E-state index in [1.54, 1.807) is 5.56 Å². The Kier molecular flexibility index (Phi) is 3.62. The third-order valence-electron chi connectivity index (χ3n) is 5.97. The highest BCUT2D eigenvalue weighted by Gasteiger charge is 2.24. The fourth-order valence-corrected chi connectivity index (χ4v) is 4.68. The minimum Gasteiger partial charge on any atom is -0.256 e. The second-order valence-corrected chi connectivity index (χ2v) is 8.81. The highest BCUT2D eigenvalue weighted by atomic mass is 14.7. The Balaban J connectivity index is 1.81. The van der Waals surface area contributed by atoms with Gasteiger partial charge in [0, 0.05) is 17.1 Å². The summed E-state index contributed by atoms with van der Waals surface area (Å²) in [6.07, 6.45) is 5.65. The summed E-state index contributed by atoms with van der Waals surface area (Å²) in [5.74, 6) is 0. The van der Waals surface area contributed by atoms with E-state index >= 15 is 0 Å². The van der Waals surface area contributed by atoms with Crippen LogP contribution >= 0.6 is 0 Å². The molecule has 0 atom stereocenters. The number of benzene rings is 3. The first kappa shape index (κ1) is 16.5. The van der Waals surface area contributed by atoms with Gasteiger partial charge in [-0.1, -0.05) is 57.2 Å². The molecule has 4 aromatic rings. The number of rotatable bonds is 1. The van der Waals surface area contributed by atoms with Crippen molar-refractivity contribution in [2.75, 3.05) is 0 Å². The molecule has 1 heterocycles. The summed E-state index contributed by atoms with van der Waals surface area (Å²) in [5, 5.41) is 5.12. The van der Waals surface area contributed by atoms with Gasteiger partial charge in [-0.15, -0.1) is 0 Å². The van der Waals surface area contributed by atoms with Crippen LogP contribution in [0.5, 0.6) is 0 Å². The molecule has 0 radical (unpaired) electrons. The number of aryl methyl sites for hydroxylation is 1. The lowest BCUT2D eigenvalue weighted by molar-refractivity contribution is 0.584. The van der Waals surface area contributed by atoms with Gasteiger partial charge in [0.15, 0.2) is 0 Å². The highest BCUT2D eigenvalue weighted by molar-refractivity contribution is 6.11. The van der Waals surface area contributed by atoms with E-state index in [1.165, 1.54) is 57.5 Å². The third kappa shape index (κ3) is 2.65. The van der Waals surface area contributed by atoms with E-state index in [-0.39, 0.29) is 5.41 Å². The molecule has 0 aliphatic heterocycles. The molecular formula is C26H25N. The molecular weight excluding hydrogens is 326 g/mol. The van der Waals surface area contributed by atoms with Crippen molar-refractivity contribution in [2.24, 2.45) is 0 Å². The smallest absolute Gasteiger partial charge is 0.0780 e. The van der Waals surface area contributed by atoms with Gasteiger partial charge < -0.3 is 0 Å². The van der Waals surface area contributed by atoms with E-state index in [4.69, 9.17) is 4.98 Å². The molecule has 3 aromatic carbocycles. The van der Waals surface area contributed by atoms with Crippen molar-refractivity contribution in [2.45, 2.75) is 45.4 Å². The van der Waals surface area contributed by atoms with E-state index in [2.05, 4.69) is 75.4 Å². The van der Waals surface area contributed by atoms with Gasteiger partial charge in [0.2, 0.25) is 0 Å². The fourth-order valence-electron chi connectivity index (χ4n) is 4.68. The fraction of sp³-hybridized carbons (Fsp3) is 0.269. The van der Waals surface area contributed by atoms with Gasteiger partial charge in [-0.2, -0.15) is 0 Å². The molecule has 0 unspecified atom stereocenters. The SMILES string of the molecule is CC(C)(C)c1cc(-c2nccc3c2ccc2ccccc23)cc2c1CCC2. The maximum Gasteiger partial charge on any atom is 0.0780 e. The zero-order chi connectivity index (χ0) is 18.6. The summed E-state index contributed by atoms with van der Waals surface area (Å²) in [5.41, 5.74) is 7.13. The summed E-state index contributed by atoms with van der Waals surface area (Å²) < 4.78 is 0. The summed E-state index contributed by atoms with van der Waals surface area (Å²) in [6, 6.07) is 20.0. The van der Waals surface area contributed by atoms with Crippen molar-refractivity contribution in [3.63, 3.8) is 0 Å². The molecule has 5 rings (SSSR count). The zero-order valence-corrected chi connectivity index (χ0v) is 16.3. The predicted molar refractivity (Wildman–Crippen MR) is 115 cm³/mol. The van der Waals surface area contributed by atoms with Crippen LogP contribution < -0.4 is 0 Å². The third-order valence-corrected chi connectivity index (χ3v) is 5.97. The van der Waals surface area contributed by atoms with Gasteiger partial charge in [0.1, 0.15) is 0 Å². The van der Waals surface area contributed by atoms with Crippen LogP contribution in [0.15, 0.2) is 60.8 Å². The average Bonchev–Trinajstić information content (AvgIpc) is 3.14. The lowest BCUT2D eigenvalue weighted by Crippen LogP contribution is -2.14. The molecule has 27 heavy (non-hydrogen) atoms. The molecule has 0 saturated carbocycles. The number of fused-ring (bicyclic) bond motifs is 4. The van der Waals surface area contributed by atoms with Crippen molar-refractivity contribution in [1.82, 2.24) is 4.98 Å². The van der Waals surface area contributed by atoms with Crippen LogP contribution in [0.3, 0.4) is 0 Å². The highest BCUT2D eigenvalue weighted by Crippen LogP contribution is 2.39. The zero-order valence-electron chi connectivity index (χ0n) is 16.3. The molecule has 0 amide bonds. The van der Waals surface area contributed by atoms with Gasteiger partial charge in [0.25, 0.3) is 0 Å². The summed E-state index contributed by atoms with van der Waals surface area (Å²) in [6.45, 7) is 6.98. The normalized spacial score (nSPS) is 14.0. The molecule has 1 nitrogen and oxygen atoms in total. The van der Waals surface area contributed by atoms with Gasteiger partial charge >= 0.3 is 0 Å². The van der Waals surface area contributed by atoms with E-state index < -0.39 is 0 Å². The molecule has 0 spiro atoms. The maximum atomic E-state index is 4.83. The minimum atomic E-state index is 0.154. The van der Waals surface area contributed by atoms with Gasteiger partial charge in [-0.3, -0.25) is 4.98 Å². The van der Waals surface area contributed by atoms with E-state index in [0.29, 0.717) is 0 Å². The van der Waals surface area contributed by atoms with Crippen molar-refractivity contribution in [3.8, 4) is 11.3 Å². The number of aromatic nitrogens is 1. The van der Waals surface area contributed by atoms with E-state index in [1.807, 2.05) is 6.20 Å². The summed E-state index contributed by atoms with van der Waals surface area (Å²) >= 11 is 0. The van der Waals surface area contributed by atoms with Crippen molar-refractivity contribution < 1.29 is 0 Å². The van der Waals surface area contributed by atoms with Crippen LogP contribution in [0.1, 0.15) is 43.9 Å². The summed E-state index contributed by atoms with van der Waals surface area (Å²) in [7, 11) is 0. The molecule has 0 fully saturated rings. The van der Waals surface area contributed by atoms with Crippen LogP contribution in [0, 0.1) is 0 Å². The van der Waals surface area contributed by atoms with E-state index in [0.717, 1.165) is 5.69 Å². The lowest BCUT2D eigenvalue weighted by Gasteiger charge is -2.24. The maximum absolute atomic E-state index is 4.83. The van der Waals surface area contributed by atoms with Crippen LogP contribution in [-0.4, -0.2) is 4.98 Å². The lowest BCUT2D eigenvalue weighted by atomic mass is 9.81. The van der Waals surface area contributed by atoms with Gasteiger partial charge in [0.05, 0.1) is 5.69 Å². The molecule has 134 valence electrons. The average molecular weight is 351 g/mol. The first-order valence-corrected chi connectivity index (χ1v) is 9.95. The van der Waals surface area contributed by atoms with Crippen molar-refractivity contribution >= 4 is 21.5 Å². The van der Waals surface area contributed by atoms with Crippen LogP contribution in [0.25, 0.3) is 32.8 Å². The van der Waals surface area contributed by atoms with E-state index in [9.17, 15) is 0 Å².